The molecule has 5 nitrogen and oxygen atoms in total. The van der Waals surface area contributed by atoms with E-state index in [1.54, 1.807) is 32.0 Å². The third-order valence-electron chi connectivity index (χ3n) is 5.18. The molecule has 1 unspecified atom stereocenters. The van der Waals surface area contributed by atoms with Gasteiger partial charge in [0.15, 0.2) is 11.5 Å². The number of thioether (sulfide) groups is 1. The number of ether oxygens (including phenoxy) is 3. The summed E-state index contributed by atoms with van der Waals surface area (Å²) in [5, 5.41) is -0.0799. The third kappa shape index (κ3) is 4.80. The van der Waals surface area contributed by atoms with Gasteiger partial charge in [0.05, 0.1) is 14.2 Å². The highest BCUT2D eigenvalue weighted by Crippen LogP contribution is 2.42. The number of methoxy groups -OCH3 is 2. The summed E-state index contributed by atoms with van der Waals surface area (Å²) >= 11 is 1.75. The number of amides is 1. The monoisotopic (exact) mass is 435 g/mol. The molecule has 1 aliphatic heterocycles. The van der Waals surface area contributed by atoms with Crippen molar-refractivity contribution in [3.63, 3.8) is 0 Å². The van der Waals surface area contributed by atoms with Gasteiger partial charge < -0.3 is 19.1 Å². The molecule has 4 rings (SSSR count). The lowest BCUT2D eigenvalue weighted by Gasteiger charge is -2.25. The van der Waals surface area contributed by atoms with E-state index in [0.717, 1.165) is 16.9 Å². The molecular formula is C25H25NO4S. The lowest BCUT2D eigenvalue weighted by molar-refractivity contribution is 0.0759. The Morgan fingerprint density at radius 1 is 0.968 bits per heavy atom. The van der Waals surface area contributed by atoms with E-state index in [1.807, 2.05) is 71.6 Å². The van der Waals surface area contributed by atoms with E-state index >= 15 is 0 Å². The third-order valence-corrected chi connectivity index (χ3v) is 6.44. The summed E-state index contributed by atoms with van der Waals surface area (Å²) in [6.07, 6.45) is 0. The number of rotatable bonds is 7. The van der Waals surface area contributed by atoms with Crippen molar-refractivity contribution in [2.45, 2.75) is 12.0 Å². The fourth-order valence-corrected chi connectivity index (χ4v) is 4.82. The van der Waals surface area contributed by atoms with Crippen molar-refractivity contribution in [1.82, 2.24) is 4.90 Å². The molecule has 0 aliphatic carbocycles. The molecule has 1 heterocycles. The van der Waals surface area contributed by atoms with Gasteiger partial charge in [-0.3, -0.25) is 4.79 Å². The van der Waals surface area contributed by atoms with Crippen LogP contribution in [-0.2, 0) is 6.61 Å². The molecular weight excluding hydrogens is 410 g/mol. The van der Waals surface area contributed by atoms with Crippen LogP contribution in [0.3, 0.4) is 0 Å². The Kier molecular flexibility index (Phi) is 6.67. The van der Waals surface area contributed by atoms with E-state index in [0.29, 0.717) is 36.0 Å². The van der Waals surface area contributed by atoms with Crippen LogP contribution in [0.5, 0.6) is 17.2 Å². The molecule has 1 amide bonds. The summed E-state index contributed by atoms with van der Waals surface area (Å²) in [6, 6.07) is 23.2. The lowest BCUT2D eigenvalue weighted by atomic mass is 10.1. The summed E-state index contributed by atoms with van der Waals surface area (Å²) < 4.78 is 16.8. The molecule has 0 spiro atoms. The van der Waals surface area contributed by atoms with Crippen molar-refractivity contribution in [3.8, 4) is 17.2 Å². The Hall–Kier alpha value is -3.12. The quantitative estimate of drug-likeness (QED) is 0.512. The summed E-state index contributed by atoms with van der Waals surface area (Å²) in [4.78, 5) is 15.1. The zero-order chi connectivity index (χ0) is 21.6. The molecule has 1 aliphatic rings. The SMILES string of the molecule is COc1cccc(C(=O)N2CCSC2c2ccc(OC)c(OCc3ccccc3)c2)c1. The van der Waals surface area contributed by atoms with E-state index in [2.05, 4.69) is 0 Å². The van der Waals surface area contributed by atoms with Crippen molar-refractivity contribution in [2.24, 2.45) is 0 Å². The first-order valence-corrected chi connectivity index (χ1v) is 11.2. The van der Waals surface area contributed by atoms with Gasteiger partial charge in [-0.15, -0.1) is 11.8 Å². The van der Waals surface area contributed by atoms with Gasteiger partial charge in [0.1, 0.15) is 17.7 Å². The van der Waals surface area contributed by atoms with Gasteiger partial charge in [0.25, 0.3) is 5.91 Å². The first-order chi connectivity index (χ1) is 15.2. The molecule has 0 saturated carbocycles. The van der Waals surface area contributed by atoms with Crippen LogP contribution in [0.2, 0.25) is 0 Å². The minimum atomic E-state index is -0.0799. The Labute approximate surface area is 186 Å². The molecule has 3 aromatic carbocycles. The Bertz CT molecular complexity index is 1040. The van der Waals surface area contributed by atoms with Crippen molar-refractivity contribution in [1.29, 1.82) is 0 Å². The van der Waals surface area contributed by atoms with Crippen molar-refractivity contribution >= 4 is 17.7 Å². The zero-order valence-corrected chi connectivity index (χ0v) is 18.4. The molecule has 31 heavy (non-hydrogen) atoms. The van der Waals surface area contributed by atoms with Gasteiger partial charge >= 0.3 is 0 Å². The maximum Gasteiger partial charge on any atom is 0.255 e. The largest absolute Gasteiger partial charge is 0.497 e. The number of carbonyl (C=O) groups excluding carboxylic acids is 1. The fraction of sp³-hybridized carbons (Fsp3) is 0.240. The second-order valence-electron chi connectivity index (χ2n) is 7.14. The maximum absolute atomic E-state index is 13.2. The minimum absolute atomic E-state index is 0.00327. The van der Waals surface area contributed by atoms with Crippen LogP contribution in [0.1, 0.15) is 26.9 Å². The van der Waals surface area contributed by atoms with E-state index in [4.69, 9.17) is 14.2 Å². The molecule has 0 N–H and O–H groups in total. The Morgan fingerprint density at radius 3 is 2.58 bits per heavy atom. The maximum atomic E-state index is 13.2. The molecule has 1 atom stereocenters. The van der Waals surface area contributed by atoms with Gasteiger partial charge in [0, 0.05) is 17.9 Å². The molecule has 0 radical (unpaired) electrons. The van der Waals surface area contributed by atoms with Crippen LogP contribution >= 0.6 is 11.8 Å². The fourth-order valence-electron chi connectivity index (χ4n) is 3.57. The molecule has 160 valence electrons. The Morgan fingerprint density at radius 2 is 1.81 bits per heavy atom. The van der Waals surface area contributed by atoms with Crippen LogP contribution in [0.15, 0.2) is 72.8 Å². The van der Waals surface area contributed by atoms with Gasteiger partial charge in [-0.2, -0.15) is 0 Å². The number of benzene rings is 3. The lowest BCUT2D eigenvalue weighted by Crippen LogP contribution is -2.30. The summed E-state index contributed by atoms with van der Waals surface area (Å²) in [6.45, 7) is 1.14. The minimum Gasteiger partial charge on any atom is -0.497 e. The van der Waals surface area contributed by atoms with E-state index in [9.17, 15) is 4.79 Å². The molecule has 1 fully saturated rings. The van der Waals surface area contributed by atoms with Crippen LogP contribution < -0.4 is 14.2 Å². The topological polar surface area (TPSA) is 48.0 Å². The smallest absolute Gasteiger partial charge is 0.255 e. The molecule has 1 saturated heterocycles. The predicted octanol–water partition coefficient (Wildman–Crippen LogP) is 5.17. The van der Waals surface area contributed by atoms with Gasteiger partial charge in [-0.05, 0) is 41.5 Å². The van der Waals surface area contributed by atoms with Crippen molar-refractivity contribution in [2.75, 3.05) is 26.5 Å². The zero-order valence-electron chi connectivity index (χ0n) is 17.6. The number of hydrogen-bond donors (Lipinski definition) is 0. The summed E-state index contributed by atoms with van der Waals surface area (Å²) in [5.74, 6) is 2.90. The van der Waals surface area contributed by atoms with Crippen LogP contribution in [-0.4, -0.2) is 37.3 Å². The number of hydrogen-bond acceptors (Lipinski definition) is 5. The average Bonchev–Trinajstić information content (AvgIpc) is 3.32. The molecule has 0 aromatic heterocycles. The van der Waals surface area contributed by atoms with Crippen LogP contribution in [0.4, 0.5) is 0 Å². The number of nitrogens with zero attached hydrogens (tertiary/aromatic N) is 1. The molecule has 6 heteroatoms. The van der Waals surface area contributed by atoms with E-state index < -0.39 is 0 Å². The highest BCUT2D eigenvalue weighted by atomic mass is 32.2. The second kappa shape index (κ2) is 9.79. The number of carbonyl (C=O) groups is 1. The van der Waals surface area contributed by atoms with Gasteiger partial charge in [0.2, 0.25) is 0 Å². The average molecular weight is 436 g/mol. The summed E-state index contributed by atoms with van der Waals surface area (Å²) in [5.41, 5.74) is 2.73. The normalized spacial score (nSPS) is 15.5. The Balaban J connectivity index is 1.56. The van der Waals surface area contributed by atoms with Gasteiger partial charge in [-0.1, -0.05) is 42.5 Å². The van der Waals surface area contributed by atoms with E-state index in [1.165, 1.54) is 0 Å². The molecule has 3 aromatic rings. The van der Waals surface area contributed by atoms with Crippen LogP contribution in [0, 0.1) is 0 Å². The highest BCUT2D eigenvalue weighted by molar-refractivity contribution is 7.99. The van der Waals surface area contributed by atoms with Crippen molar-refractivity contribution < 1.29 is 19.0 Å². The van der Waals surface area contributed by atoms with Crippen molar-refractivity contribution in [3.05, 3.63) is 89.5 Å². The van der Waals surface area contributed by atoms with Gasteiger partial charge in [-0.25, -0.2) is 0 Å². The predicted molar refractivity (Wildman–Crippen MR) is 123 cm³/mol. The second-order valence-corrected chi connectivity index (χ2v) is 8.33. The van der Waals surface area contributed by atoms with Crippen LogP contribution in [0.25, 0.3) is 0 Å². The standard InChI is InChI=1S/C25H25NO4S/c1-28-21-10-6-9-19(15-21)24(27)26-13-14-31-25(26)20-11-12-22(29-2)23(16-20)30-17-18-7-4-3-5-8-18/h3-12,15-16,25H,13-14,17H2,1-2H3. The first-order valence-electron chi connectivity index (χ1n) is 10.1. The highest BCUT2D eigenvalue weighted by Gasteiger charge is 2.32. The molecule has 0 bridgehead atoms. The first kappa shape index (κ1) is 21.1. The summed E-state index contributed by atoms with van der Waals surface area (Å²) in [7, 11) is 3.24. The van der Waals surface area contributed by atoms with E-state index in [-0.39, 0.29) is 11.3 Å².